The number of benzene rings is 2. The van der Waals surface area contributed by atoms with E-state index >= 15 is 0 Å². The smallest absolute Gasteiger partial charge is 0.0991 e. The molecule has 1 aliphatic rings. The van der Waals surface area contributed by atoms with Gasteiger partial charge in [0.05, 0.1) is 23.0 Å². The summed E-state index contributed by atoms with van der Waals surface area (Å²) in [6, 6.07) is 25.1. The molecular formula is C24H24N4. The molecule has 0 fully saturated rings. The summed E-state index contributed by atoms with van der Waals surface area (Å²) in [4.78, 5) is 4.57. The summed E-state index contributed by atoms with van der Waals surface area (Å²) in [6.07, 6.45) is 3.77. The lowest BCUT2D eigenvalue weighted by Gasteiger charge is -2.33. The first kappa shape index (κ1) is 18.2. The third-order valence-electron chi connectivity index (χ3n) is 5.39. The maximum Gasteiger partial charge on any atom is 0.0991 e. The molecule has 2 atom stereocenters. The Morgan fingerprint density at radius 3 is 2.68 bits per heavy atom. The van der Waals surface area contributed by atoms with Gasteiger partial charge in [-0.05, 0) is 54.8 Å². The first-order valence-corrected chi connectivity index (χ1v) is 9.78. The van der Waals surface area contributed by atoms with Gasteiger partial charge in [0, 0.05) is 24.7 Å². The number of aromatic nitrogens is 1. The van der Waals surface area contributed by atoms with E-state index < -0.39 is 0 Å². The molecule has 0 amide bonds. The van der Waals surface area contributed by atoms with Crippen molar-refractivity contribution in [2.24, 2.45) is 5.92 Å². The second-order valence-electron chi connectivity index (χ2n) is 7.24. The summed E-state index contributed by atoms with van der Waals surface area (Å²) in [7, 11) is 0. The number of anilines is 1. The van der Waals surface area contributed by atoms with Crippen molar-refractivity contribution in [3.8, 4) is 6.07 Å². The molecule has 0 radical (unpaired) electrons. The summed E-state index contributed by atoms with van der Waals surface area (Å²) >= 11 is 0. The van der Waals surface area contributed by atoms with Gasteiger partial charge in [0.2, 0.25) is 0 Å². The molecule has 4 rings (SSSR count). The molecule has 4 heteroatoms. The van der Waals surface area contributed by atoms with Gasteiger partial charge in [-0.1, -0.05) is 42.5 Å². The van der Waals surface area contributed by atoms with Crippen LogP contribution < -0.4 is 10.6 Å². The zero-order valence-electron chi connectivity index (χ0n) is 15.8. The number of nitriles is 1. The molecule has 3 aromatic rings. The Labute approximate surface area is 166 Å². The molecule has 1 aliphatic heterocycles. The van der Waals surface area contributed by atoms with Crippen LogP contribution in [-0.4, -0.2) is 18.1 Å². The Hall–Kier alpha value is -3.16. The Morgan fingerprint density at radius 2 is 1.89 bits per heavy atom. The summed E-state index contributed by atoms with van der Waals surface area (Å²) in [5.74, 6) is 0.436. The summed E-state index contributed by atoms with van der Waals surface area (Å²) in [6.45, 7) is 1.82. The van der Waals surface area contributed by atoms with Gasteiger partial charge in [0.15, 0.2) is 0 Å². The van der Waals surface area contributed by atoms with Crippen LogP contribution in [-0.2, 0) is 12.8 Å². The molecule has 0 aliphatic carbocycles. The average Bonchev–Trinajstić information content (AvgIpc) is 2.77. The van der Waals surface area contributed by atoms with Crippen LogP contribution in [0.15, 0.2) is 72.9 Å². The Bertz CT molecular complexity index is 944. The molecule has 2 aromatic carbocycles. The van der Waals surface area contributed by atoms with Crippen LogP contribution in [0.3, 0.4) is 0 Å². The van der Waals surface area contributed by atoms with Crippen LogP contribution in [0.2, 0.25) is 0 Å². The molecule has 28 heavy (non-hydrogen) atoms. The van der Waals surface area contributed by atoms with Crippen molar-refractivity contribution in [3.63, 3.8) is 0 Å². The molecule has 140 valence electrons. The van der Waals surface area contributed by atoms with E-state index in [1.807, 2.05) is 36.5 Å². The van der Waals surface area contributed by atoms with Gasteiger partial charge >= 0.3 is 0 Å². The Balaban J connectivity index is 1.46. The van der Waals surface area contributed by atoms with E-state index in [9.17, 15) is 0 Å². The molecule has 4 nitrogen and oxygen atoms in total. The number of hydrogen-bond donors (Lipinski definition) is 2. The van der Waals surface area contributed by atoms with E-state index in [0.29, 0.717) is 11.5 Å². The fourth-order valence-corrected chi connectivity index (χ4v) is 3.89. The van der Waals surface area contributed by atoms with Crippen molar-refractivity contribution in [3.05, 3.63) is 95.3 Å². The van der Waals surface area contributed by atoms with Gasteiger partial charge in [0.25, 0.3) is 0 Å². The van der Waals surface area contributed by atoms with Gasteiger partial charge in [-0.25, -0.2) is 0 Å². The lowest BCUT2D eigenvalue weighted by atomic mass is 9.86. The van der Waals surface area contributed by atoms with Crippen LogP contribution >= 0.6 is 0 Å². The molecule has 0 spiro atoms. The molecule has 0 saturated heterocycles. The van der Waals surface area contributed by atoms with Crippen molar-refractivity contribution in [1.82, 2.24) is 10.3 Å². The monoisotopic (exact) mass is 368 g/mol. The van der Waals surface area contributed by atoms with Gasteiger partial charge in [0.1, 0.15) is 0 Å². The standard InChI is InChI=1S/C24H24N4/c25-16-19-10-8-18(9-11-19)12-14-27-24(20-5-2-1-3-6-20)21-15-23-22(28-17-21)7-4-13-26-23/h1-11,13,21,24,27-28H,12,14-15,17H2/t21-,24+/m0/s1. The molecule has 2 N–H and O–H groups in total. The largest absolute Gasteiger partial charge is 0.383 e. The second kappa shape index (κ2) is 8.69. The maximum absolute atomic E-state index is 8.94. The predicted molar refractivity (Wildman–Crippen MR) is 112 cm³/mol. The number of fused-ring (bicyclic) bond motifs is 1. The van der Waals surface area contributed by atoms with Crippen molar-refractivity contribution in [2.45, 2.75) is 18.9 Å². The lowest BCUT2D eigenvalue weighted by Crippen LogP contribution is -2.37. The first-order valence-electron chi connectivity index (χ1n) is 9.78. The summed E-state index contributed by atoms with van der Waals surface area (Å²) in [5, 5.41) is 16.3. The van der Waals surface area contributed by atoms with E-state index in [-0.39, 0.29) is 6.04 Å². The average molecular weight is 368 g/mol. The highest BCUT2D eigenvalue weighted by Crippen LogP contribution is 2.31. The normalized spacial score (nSPS) is 16.5. The van der Waals surface area contributed by atoms with Crippen molar-refractivity contribution >= 4 is 5.69 Å². The topological polar surface area (TPSA) is 60.7 Å². The zero-order chi connectivity index (χ0) is 19.2. The first-order chi connectivity index (χ1) is 13.8. The highest BCUT2D eigenvalue weighted by atomic mass is 15.0. The predicted octanol–water partition coefficient (Wildman–Crippen LogP) is 4.11. The van der Waals surface area contributed by atoms with Crippen molar-refractivity contribution < 1.29 is 0 Å². The van der Waals surface area contributed by atoms with Gasteiger partial charge in [-0.15, -0.1) is 0 Å². The van der Waals surface area contributed by atoms with Crippen LogP contribution in [0.25, 0.3) is 0 Å². The number of hydrogen-bond acceptors (Lipinski definition) is 4. The summed E-state index contributed by atoms with van der Waals surface area (Å²) in [5.41, 5.74) is 5.57. The minimum atomic E-state index is 0.266. The number of pyridine rings is 1. The molecule has 0 bridgehead atoms. The molecule has 0 saturated carbocycles. The molecule has 0 unspecified atom stereocenters. The molecule has 1 aromatic heterocycles. The number of nitrogens with zero attached hydrogens (tertiary/aromatic N) is 2. The maximum atomic E-state index is 8.94. The fourth-order valence-electron chi connectivity index (χ4n) is 3.89. The SMILES string of the molecule is N#Cc1ccc(CCN[C@H](c2ccccc2)[C@@H]2CNc3cccnc3C2)cc1. The van der Waals surface area contributed by atoms with E-state index in [1.54, 1.807) is 0 Å². The van der Waals surface area contributed by atoms with Crippen molar-refractivity contribution in [2.75, 3.05) is 18.4 Å². The summed E-state index contributed by atoms with van der Waals surface area (Å²) < 4.78 is 0. The minimum Gasteiger partial charge on any atom is -0.383 e. The third kappa shape index (κ3) is 4.21. The van der Waals surface area contributed by atoms with Crippen LogP contribution in [0, 0.1) is 17.2 Å². The van der Waals surface area contributed by atoms with Gasteiger partial charge in [-0.2, -0.15) is 5.26 Å². The van der Waals surface area contributed by atoms with E-state index in [0.717, 1.165) is 37.3 Å². The Morgan fingerprint density at radius 1 is 1.07 bits per heavy atom. The van der Waals surface area contributed by atoms with Gasteiger partial charge in [-0.3, -0.25) is 4.98 Å². The van der Waals surface area contributed by atoms with E-state index in [4.69, 9.17) is 5.26 Å². The highest BCUT2D eigenvalue weighted by molar-refractivity contribution is 5.50. The molecule has 2 heterocycles. The van der Waals surface area contributed by atoms with Crippen LogP contribution in [0.4, 0.5) is 5.69 Å². The number of nitrogens with one attached hydrogen (secondary N) is 2. The van der Waals surface area contributed by atoms with Crippen LogP contribution in [0.5, 0.6) is 0 Å². The van der Waals surface area contributed by atoms with E-state index in [2.05, 4.69) is 58.1 Å². The molecular weight excluding hydrogens is 344 g/mol. The second-order valence-corrected chi connectivity index (χ2v) is 7.24. The van der Waals surface area contributed by atoms with Crippen LogP contribution in [0.1, 0.15) is 28.4 Å². The number of rotatable bonds is 6. The van der Waals surface area contributed by atoms with Gasteiger partial charge < -0.3 is 10.6 Å². The zero-order valence-corrected chi connectivity index (χ0v) is 15.8. The lowest BCUT2D eigenvalue weighted by molar-refractivity contribution is 0.365. The fraction of sp³-hybridized carbons (Fsp3) is 0.250. The highest BCUT2D eigenvalue weighted by Gasteiger charge is 2.27. The quantitative estimate of drug-likeness (QED) is 0.687. The van der Waals surface area contributed by atoms with E-state index in [1.165, 1.54) is 11.1 Å². The minimum absolute atomic E-state index is 0.266. The third-order valence-corrected chi connectivity index (χ3v) is 5.39. The van der Waals surface area contributed by atoms with Crippen molar-refractivity contribution in [1.29, 1.82) is 5.26 Å². The Kier molecular flexibility index (Phi) is 5.65.